The second-order valence-corrected chi connectivity index (χ2v) is 8.38. The SMILES string of the molecule is COc1ccc(-c2nnc(SCC(=O)N(C)C(c3ccccc3)c3ccccc3)o2)c(OC)c1. The van der Waals surface area contributed by atoms with Crippen molar-refractivity contribution in [3.63, 3.8) is 0 Å². The van der Waals surface area contributed by atoms with E-state index in [1.54, 1.807) is 37.3 Å². The number of hydrogen-bond donors (Lipinski definition) is 0. The lowest BCUT2D eigenvalue weighted by atomic mass is 9.97. The van der Waals surface area contributed by atoms with Gasteiger partial charge >= 0.3 is 0 Å². The summed E-state index contributed by atoms with van der Waals surface area (Å²) in [5, 5.41) is 8.52. The van der Waals surface area contributed by atoms with E-state index in [1.165, 1.54) is 11.8 Å². The van der Waals surface area contributed by atoms with Gasteiger partial charge in [0, 0.05) is 13.1 Å². The van der Waals surface area contributed by atoms with E-state index < -0.39 is 0 Å². The second kappa shape index (κ2) is 10.9. The molecule has 174 valence electrons. The van der Waals surface area contributed by atoms with Crippen molar-refractivity contribution in [2.45, 2.75) is 11.3 Å². The second-order valence-electron chi connectivity index (χ2n) is 7.46. The van der Waals surface area contributed by atoms with Crippen LogP contribution in [0.2, 0.25) is 0 Å². The molecule has 1 heterocycles. The number of methoxy groups -OCH3 is 2. The van der Waals surface area contributed by atoms with E-state index in [0.29, 0.717) is 28.2 Å². The number of aromatic nitrogens is 2. The zero-order valence-corrected chi connectivity index (χ0v) is 20.0. The first-order valence-corrected chi connectivity index (χ1v) is 11.6. The minimum atomic E-state index is -0.197. The molecule has 34 heavy (non-hydrogen) atoms. The highest BCUT2D eigenvalue weighted by molar-refractivity contribution is 7.99. The van der Waals surface area contributed by atoms with Gasteiger partial charge in [0.1, 0.15) is 11.5 Å². The molecule has 0 atom stereocenters. The van der Waals surface area contributed by atoms with Crippen molar-refractivity contribution < 1.29 is 18.7 Å². The van der Waals surface area contributed by atoms with Crippen molar-refractivity contribution in [3.8, 4) is 23.0 Å². The average molecular weight is 476 g/mol. The van der Waals surface area contributed by atoms with Gasteiger partial charge in [-0.15, -0.1) is 10.2 Å². The monoisotopic (exact) mass is 475 g/mol. The Morgan fingerprint density at radius 3 is 2.18 bits per heavy atom. The Morgan fingerprint density at radius 2 is 1.59 bits per heavy atom. The lowest BCUT2D eigenvalue weighted by Gasteiger charge is -2.29. The minimum Gasteiger partial charge on any atom is -0.497 e. The first-order valence-electron chi connectivity index (χ1n) is 10.6. The van der Waals surface area contributed by atoms with Gasteiger partial charge in [0.05, 0.1) is 31.6 Å². The molecule has 3 aromatic carbocycles. The Morgan fingerprint density at radius 1 is 0.941 bits per heavy atom. The highest BCUT2D eigenvalue weighted by Crippen LogP contribution is 2.34. The minimum absolute atomic E-state index is 0.0514. The highest BCUT2D eigenvalue weighted by Gasteiger charge is 2.24. The highest BCUT2D eigenvalue weighted by atomic mass is 32.2. The summed E-state index contributed by atoms with van der Waals surface area (Å²) in [4.78, 5) is 14.9. The van der Waals surface area contributed by atoms with Crippen LogP contribution in [0.5, 0.6) is 11.5 Å². The van der Waals surface area contributed by atoms with Gasteiger partial charge in [-0.05, 0) is 23.3 Å². The summed E-state index contributed by atoms with van der Waals surface area (Å²) in [5.74, 6) is 1.64. The molecule has 4 rings (SSSR count). The zero-order valence-electron chi connectivity index (χ0n) is 19.2. The Bertz CT molecular complexity index is 1190. The van der Waals surface area contributed by atoms with Gasteiger partial charge in [-0.3, -0.25) is 4.79 Å². The lowest BCUT2D eigenvalue weighted by molar-refractivity contribution is -0.128. The van der Waals surface area contributed by atoms with Gasteiger partial charge in [0.2, 0.25) is 5.91 Å². The van der Waals surface area contributed by atoms with E-state index >= 15 is 0 Å². The van der Waals surface area contributed by atoms with Gasteiger partial charge in [0.15, 0.2) is 0 Å². The third-order valence-corrected chi connectivity index (χ3v) is 6.18. The molecule has 0 N–H and O–H groups in total. The third-order valence-electron chi connectivity index (χ3n) is 5.38. The number of carbonyl (C=O) groups excluding carboxylic acids is 1. The Hall–Kier alpha value is -3.78. The van der Waals surface area contributed by atoms with Crippen LogP contribution in [0, 0.1) is 0 Å². The normalized spacial score (nSPS) is 10.8. The first kappa shape index (κ1) is 23.4. The molecule has 1 amide bonds. The quantitative estimate of drug-likeness (QED) is 0.312. The van der Waals surface area contributed by atoms with Crippen molar-refractivity contribution in [1.29, 1.82) is 0 Å². The molecular formula is C26H25N3O4S. The van der Waals surface area contributed by atoms with Crippen LogP contribution >= 0.6 is 11.8 Å². The molecule has 0 fully saturated rings. The van der Waals surface area contributed by atoms with Gasteiger partial charge in [-0.1, -0.05) is 72.4 Å². The molecule has 4 aromatic rings. The van der Waals surface area contributed by atoms with Crippen LogP contribution in [0.3, 0.4) is 0 Å². The number of rotatable bonds is 9. The summed E-state index contributed by atoms with van der Waals surface area (Å²) in [6.45, 7) is 0. The molecule has 1 aromatic heterocycles. The molecular weight excluding hydrogens is 450 g/mol. The summed E-state index contributed by atoms with van der Waals surface area (Å²) in [5.41, 5.74) is 2.74. The number of hydrogen-bond acceptors (Lipinski definition) is 7. The summed E-state index contributed by atoms with van der Waals surface area (Å²) >= 11 is 1.20. The van der Waals surface area contributed by atoms with E-state index in [1.807, 2.05) is 67.7 Å². The number of amides is 1. The number of carbonyl (C=O) groups is 1. The molecule has 0 unspecified atom stereocenters. The van der Waals surface area contributed by atoms with E-state index in [-0.39, 0.29) is 17.7 Å². The standard InChI is InChI=1S/C26H25N3O4S/c1-29(24(18-10-6-4-7-11-18)19-12-8-5-9-13-19)23(30)17-34-26-28-27-25(33-26)21-15-14-20(31-2)16-22(21)32-3/h4-16,24H,17H2,1-3H3. The number of benzene rings is 3. The topological polar surface area (TPSA) is 77.7 Å². The Balaban J connectivity index is 1.48. The van der Waals surface area contributed by atoms with E-state index in [9.17, 15) is 4.79 Å². The van der Waals surface area contributed by atoms with Crippen LogP contribution in [0.25, 0.3) is 11.5 Å². The lowest BCUT2D eigenvalue weighted by Crippen LogP contribution is -2.33. The Kier molecular flexibility index (Phi) is 7.49. The number of nitrogens with zero attached hydrogens (tertiary/aromatic N) is 3. The van der Waals surface area contributed by atoms with Crippen molar-refractivity contribution in [2.24, 2.45) is 0 Å². The van der Waals surface area contributed by atoms with Crippen LogP contribution in [-0.4, -0.2) is 48.0 Å². The van der Waals surface area contributed by atoms with Crippen molar-refractivity contribution in [2.75, 3.05) is 27.0 Å². The maximum atomic E-state index is 13.1. The summed E-state index contributed by atoms with van der Waals surface area (Å²) in [6.07, 6.45) is 0. The molecule has 0 aliphatic rings. The number of ether oxygens (including phenoxy) is 2. The van der Waals surface area contributed by atoms with E-state index in [2.05, 4.69) is 10.2 Å². The molecule has 7 nitrogen and oxygen atoms in total. The summed E-state index contributed by atoms with van der Waals surface area (Å²) < 4.78 is 16.4. The fraction of sp³-hybridized carbons (Fsp3) is 0.192. The average Bonchev–Trinajstić information content (AvgIpc) is 3.37. The van der Waals surface area contributed by atoms with Gasteiger partial charge in [0.25, 0.3) is 11.1 Å². The molecule has 0 radical (unpaired) electrons. The third kappa shape index (κ3) is 5.23. The maximum absolute atomic E-state index is 13.1. The van der Waals surface area contributed by atoms with Gasteiger partial charge in [-0.25, -0.2) is 0 Å². The Labute approximate surface area is 202 Å². The molecule has 0 spiro atoms. The maximum Gasteiger partial charge on any atom is 0.277 e. The van der Waals surface area contributed by atoms with Gasteiger partial charge in [-0.2, -0.15) is 0 Å². The van der Waals surface area contributed by atoms with Crippen LogP contribution in [-0.2, 0) is 4.79 Å². The van der Waals surface area contributed by atoms with Crippen LogP contribution in [0.15, 0.2) is 88.5 Å². The molecule has 0 saturated heterocycles. The van der Waals surface area contributed by atoms with Gasteiger partial charge < -0.3 is 18.8 Å². The van der Waals surface area contributed by atoms with E-state index in [0.717, 1.165) is 11.1 Å². The predicted molar refractivity (Wildman–Crippen MR) is 131 cm³/mol. The van der Waals surface area contributed by atoms with Crippen molar-refractivity contribution in [3.05, 3.63) is 90.0 Å². The van der Waals surface area contributed by atoms with Crippen LogP contribution in [0.4, 0.5) is 0 Å². The molecule has 0 saturated carbocycles. The molecule has 0 aliphatic carbocycles. The number of thioether (sulfide) groups is 1. The fourth-order valence-electron chi connectivity index (χ4n) is 3.63. The molecule has 0 aliphatic heterocycles. The van der Waals surface area contributed by atoms with E-state index in [4.69, 9.17) is 13.9 Å². The van der Waals surface area contributed by atoms with Crippen molar-refractivity contribution in [1.82, 2.24) is 15.1 Å². The zero-order chi connectivity index (χ0) is 23.9. The predicted octanol–water partition coefficient (Wildman–Crippen LogP) is 5.09. The van der Waals surface area contributed by atoms with Crippen LogP contribution in [0.1, 0.15) is 17.2 Å². The smallest absolute Gasteiger partial charge is 0.277 e. The molecule has 0 bridgehead atoms. The van der Waals surface area contributed by atoms with Crippen LogP contribution < -0.4 is 9.47 Å². The molecule has 8 heteroatoms. The largest absolute Gasteiger partial charge is 0.497 e. The summed E-state index contributed by atoms with van der Waals surface area (Å²) in [7, 11) is 4.97. The summed E-state index contributed by atoms with van der Waals surface area (Å²) in [6, 6.07) is 25.1. The van der Waals surface area contributed by atoms with Crippen molar-refractivity contribution >= 4 is 17.7 Å². The fourth-order valence-corrected chi connectivity index (χ4v) is 4.32. The first-order chi connectivity index (χ1) is 16.6.